The van der Waals surface area contributed by atoms with Crippen molar-refractivity contribution in [1.82, 2.24) is 5.32 Å². The molecule has 0 spiro atoms. The smallest absolute Gasteiger partial charge is 0.0777 e. The van der Waals surface area contributed by atoms with Gasteiger partial charge < -0.3 is 10.4 Å². The largest absolute Gasteiger partial charge is 0.391 e. The Labute approximate surface area is 84.3 Å². The molecule has 0 amide bonds. The minimum atomic E-state index is -0.344. The topological polar surface area (TPSA) is 32.3 Å². The van der Waals surface area contributed by atoms with E-state index in [-0.39, 0.29) is 12.1 Å². The van der Waals surface area contributed by atoms with Gasteiger partial charge in [0.15, 0.2) is 0 Å². The summed E-state index contributed by atoms with van der Waals surface area (Å²) in [6.07, 6.45) is 5.16. The van der Waals surface area contributed by atoms with Crippen molar-refractivity contribution in [2.75, 3.05) is 0 Å². The van der Waals surface area contributed by atoms with Crippen LogP contribution in [0.25, 0.3) is 0 Å². The fourth-order valence-electron chi connectivity index (χ4n) is 1.32. The molecule has 0 saturated heterocycles. The SMILES string of the molecule is CCCC(O)C1C=C(Cl)C(C)=CN1. The number of aliphatic hydroxyl groups excluding tert-OH is 1. The van der Waals surface area contributed by atoms with Crippen molar-refractivity contribution in [1.29, 1.82) is 0 Å². The standard InChI is InChI=1S/C10H16ClNO/c1-3-4-10(13)9-5-8(11)7(2)6-12-9/h5-6,9-10,12-13H,3-4H2,1-2H3. The molecule has 1 rings (SSSR count). The van der Waals surface area contributed by atoms with Crippen LogP contribution in [0.3, 0.4) is 0 Å². The number of hydrogen-bond donors (Lipinski definition) is 2. The first-order valence-corrected chi connectivity index (χ1v) is 5.01. The third-order valence-corrected chi connectivity index (χ3v) is 2.62. The van der Waals surface area contributed by atoms with Crippen molar-refractivity contribution in [3.63, 3.8) is 0 Å². The molecule has 1 heterocycles. The van der Waals surface area contributed by atoms with Crippen LogP contribution in [0.4, 0.5) is 0 Å². The summed E-state index contributed by atoms with van der Waals surface area (Å²) < 4.78 is 0. The molecule has 2 N–H and O–H groups in total. The zero-order valence-corrected chi connectivity index (χ0v) is 8.80. The maximum Gasteiger partial charge on any atom is 0.0777 e. The van der Waals surface area contributed by atoms with Crippen molar-refractivity contribution in [3.05, 3.63) is 22.9 Å². The number of nitrogens with one attached hydrogen (secondary N) is 1. The zero-order chi connectivity index (χ0) is 9.84. The summed E-state index contributed by atoms with van der Waals surface area (Å²) in [6, 6.07) is -0.0313. The molecule has 2 nitrogen and oxygen atoms in total. The Hall–Kier alpha value is -0.470. The number of halogens is 1. The normalized spacial score (nSPS) is 24.5. The van der Waals surface area contributed by atoms with Gasteiger partial charge in [0.05, 0.1) is 12.1 Å². The Balaban J connectivity index is 2.57. The third kappa shape index (κ3) is 2.75. The lowest BCUT2D eigenvalue weighted by Crippen LogP contribution is -2.37. The van der Waals surface area contributed by atoms with Crippen molar-refractivity contribution in [3.8, 4) is 0 Å². The first kappa shape index (κ1) is 10.6. The maximum absolute atomic E-state index is 9.68. The molecule has 1 aliphatic heterocycles. The van der Waals surface area contributed by atoms with E-state index in [1.54, 1.807) is 0 Å². The highest BCUT2D eigenvalue weighted by Crippen LogP contribution is 2.19. The van der Waals surface area contributed by atoms with Crippen LogP contribution in [0, 0.1) is 0 Å². The van der Waals surface area contributed by atoms with E-state index >= 15 is 0 Å². The van der Waals surface area contributed by atoms with E-state index < -0.39 is 0 Å². The lowest BCUT2D eigenvalue weighted by atomic mass is 10.0. The van der Waals surface area contributed by atoms with Gasteiger partial charge in [-0.15, -0.1) is 0 Å². The Morgan fingerprint density at radius 1 is 1.69 bits per heavy atom. The van der Waals surface area contributed by atoms with Gasteiger partial charge in [0.25, 0.3) is 0 Å². The summed E-state index contributed by atoms with van der Waals surface area (Å²) in [4.78, 5) is 0. The van der Waals surface area contributed by atoms with E-state index in [9.17, 15) is 5.11 Å². The molecule has 2 atom stereocenters. The molecule has 0 aromatic carbocycles. The molecule has 0 aromatic heterocycles. The Morgan fingerprint density at radius 2 is 2.38 bits per heavy atom. The Kier molecular flexibility index (Phi) is 3.82. The molecule has 13 heavy (non-hydrogen) atoms. The van der Waals surface area contributed by atoms with Gasteiger partial charge in [-0.3, -0.25) is 0 Å². The van der Waals surface area contributed by atoms with Crippen LogP contribution in [0.15, 0.2) is 22.9 Å². The molecule has 0 bridgehead atoms. The van der Waals surface area contributed by atoms with Crippen LogP contribution < -0.4 is 5.32 Å². The predicted octanol–water partition coefficient (Wildman–Crippen LogP) is 2.15. The second-order valence-electron chi connectivity index (χ2n) is 3.39. The number of dihydropyridines is 1. The van der Waals surface area contributed by atoms with Gasteiger partial charge in [0, 0.05) is 11.2 Å². The van der Waals surface area contributed by atoms with E-state index in [1.165, 1.54) is 0 Å². The van der Waals surface area contributed by atoms with Crippen LogP contribution in [-0.2, 0) is 0 Å². The van der Waals surface area contributed by atoms with Crippen LogP contribution in [0.5, 0.6) is 0 Å². The van der Waals surface area contributed by atoms with Crippen molar-refractivity contribution < 1.29 is 5.11 Å². The van der Waals surface area contributed by atoms with Crippen molar-refractivity contribution in [2.45, 2.75) is 38.8 Å². The van der Waals surface area contributed by atoms with E-state index in [2.05, 4.69) is 12.2 Å². The van der Waals surface area contributed by atoms with E-state index in [0.717, 1.165) is 23.4 Å². The highest BCUT2D eigenvalue weighted by molar-refractivity contribution is 6.32. The highest BCUT2D eigenvalue weighted by atomic mass is 35.5. The molecule has 74 valence electrons. The lowest BCUT2D eigenvalue weighted by molar-refractivity contribution is 0.140. The Morgan fingerprint density at radius 3 is 2.92 bits per heavy atom. The summed E-state index contributed by atoms with van der Waals surface area (Å²) in [7, 11) is 0. The van der Waals surface area contributed by atoms with Gasteiger partial charge >= 0.3 is 0 Å². The molecular formula is C10H16ClNO. The average Bonchev–Trinajstić information content (AvgIpc) is 2.10. The fraction of sp³-hybridized carbons (Fsp3) is 0.600. The van der Waals surface area contributed by atoms with E-state index in [1.807, 2.05) is 19.2 Å². The number of allylic oxidation sites excluding steroid dienone is 2. The van der Waals surface area contributed by atoms with Gasteiger partial charge in [-0.25, -0.2) is 0 Å². The van der Waals surface area contributed by atoms with Gasteiger partial charge in [0.2, 0.25) is 0 Å². The summed E-state index contributed by atoms with van der Waals surface area (Å²) >= 11 is 5.95. The molecule has 0 radical (unpaired) electrons. The van der Waals surface area contributed by atoms with Crippen molar-refractivity contribution in [2.24, 2.45) is 0 Å². The second-order valence-corrected chi connectivity index (χ2v) is 3.80. The van der Waals surface area contributed by atoms with E-state index in [0.29, 0.717) is 0 Å². The minimum absolute atomic E-state index is 0.0313. The highest BCUT2D eigenvalue weighted by Gasteiger charge is 2.18. The lowest BCUT2D eigenvalue weighted by Gasteiger charge is -2.24. The average molecular weight is 202 g/mol. The summed E-state index contributed by atoms with van der Waals surface area (Å²) in [5, 5.41) is 13.5. The number of hydrogen-bond acceptors (Lipinski definition) is 2. The van der Waals surface area contributed by atoms with Crippen molar-refractivity contribution >= 4 is 11.6 Å². The first-order chi connectivity index (χ1) is 6.15. The van der Waals surface area contributed by atoms with Crippen LogP contribution in [0.1, 0.15) is 26.7 Å². The summed E-state index contributed by atoms with van der Waals surface area (Å²) in [5.41, 5.74) is 1.02. The minimum Gasteiger partial charge on any atom is -0.391 e. The molecule has 0 fully saturated rings. The van der Waals surface area contributed by atoms with Gasteiger partial charge in [-0.2, -0.15) is 0 Å². The maximum atomic E-state index is 9.68. The van der Waals surface area contributed by atoms with Gasteiger partial charge in [-0.1, -0.05) is 24.9 Å². The summed E-state index contributed by atoms with van der Waals surface area (Å²) in [6.45, 7) is 3.99. The van der Waals surface area contributed by atoms with Gasteiger partial charge in [-0.05, 0) is 25.0 Å². The molecule has 3 heteroatoms. The van der Waals surface area contributed by atoms with Crippen LogP contribution >= 0.6 is 11.6 Å². The van der Waals surface area contributed by atoms with Crippen LogP contribution in [0.2, 0.25) is 0 Å². The number of aliphatic hydroxyl groups is 1. The van der Waals surface area contributed by atoms with E-state index in [4.69, 9.17) is 11.6 Å². The molecule has 2 unspecified atom stereocenters. The third-order valence-electron chi connectivity index (χ3n) is 2.19. The summed E-state index contributed by atoms with van der Waals surface area (Å²) in [5.74, 6) is 0. The predicted molar refractivity (Wildman–Crippen MR) is 55.5 cm³/mol. The molecular weight excluding hydrogens is 186 g/mol. The molecule has 0 aliphatic carbocycles. The molecule has 0 saturated carbocycles. The first-order valence-electron chi connectivity index (χ1n) is 4.63. The monoisotopic (exact) mass is 201 g/mol. The second kappa shape index (κ2) is 4.68. The fourth-order valence-corrected chi connectivity index (χ4v) is 1.52. The van der Waals surface area contributed by atoms with Crippen LogP contribution in [-0.4, -0.2) is 17.3 Å². The number of rotatable bonds is 3. The molecule has 1 aliphatic rings. The quantitative estimate of drug-likeness (QED) is 0.734. The Bertz CT molecular complexity index is 235. The van der Waals surface area contributed by atoms with Gasteiger partial charge in [0.1, 0.15) is 0 Å². The molecule has 0 aromatic rings. The zero-order valence-electron chi connectivity index (χ0n) is 8.05.